The number of esters is 1. The van der Waals surface area contributed by atoms with Gasteiger partial charge in [0.25, 0.3) is 5.91 Å². The second kappa shape index (κ2) is 11.9. The van der Waals surface area contributed by atoms with Crippen LogP contribution < -0.4 is 0 Å². The quantitative estimate of drug-likeness (QED) is 0.233. The number of rotatable bonds is 7. The number of nitrogens with zero attached hydrogens (tertiary/aromatic N) is 2. The van der Waals surface area contributed by atoms with Gasteiger partial charge in [0.2, 0.25) is 0 Å². The molecule has 0 atom stereocenters. The molecule has 2 heterocycles. The molecule has 7 heteroatoms. The molecule has 3 aromatic rings. The molecule has 1 amide bonds. The fourth-order valence-corrected chi connectivity index (χ4v) is 5.91. The fourth-order valence-electron chi connectivity index (χ4n) is 4.87. The largest absolute Gasteiger partial charge is 0.462 e. The molecule has 0 radical (unpaired) electrons. The predicted octanol–water partition coefficient (Wildman–Crippen LogP) is 7.62. The van der Waals surface area contributed by atoms with Crippen LogP contribution in [0.5, 0.6) is 0 Å². The van der Waals surface area contributed by atoms with Gasteiger partial charge in [-0.2, -0.15) is 0 Å². The van der Waals surface area contributed by atoms with Crippen molar-refractivity contribution in [2.45, 2.75) is 58.4 Å². The van der Waals surface area contributed by atoms with Crippen LogP contribution in [0.2, 0.25) is 0 Å². The number of hydrogen-bond donors (Lipinski definition) is 0. The Morgan fingerprint density at radius 3 is 2.61 bits per heavy atom. The van der Waals surface area contributed by atoms with Crippen LogP contribution in [-0.2, 0) is 16.0 Å². The monoisotopic (exact) mass is 528 g/mol. The highest BCUT2D eigenvalue weighted by Crippen LogP contribution is 2.39. The lowest BCUT2D eigenvalue weighted by molar-refractivity contribution is -0.124. The highest BCUT2D eigenvalue weighted by atomic mass is 32.2. The molecule has 6 nitrogen and oxygen atoms in total. The molecular formula is C31H32N2O4S. The molecule has 1 aromatic heterocycles. The molecule has 0 bridgehead atoms. The molecule has 0 unspecified atom stereocenters. The first-order valence-electron chi connectivity index (χ1n) is 13.3. The fraction of sp³-hybridized carbons (Fsp3) is 0.323. The Hall–Kier alpha value is -3.58. The van der Waals surface area contributed by atoms with E-state index in [9.17, 15) is 9.59 Å². The Kier molecular flexibility index (Phi) is 8.13. The predicted molar refractivity (Wildman–Crippen MR) is 152 cm³/mol. The molecule has 0 N–H and O–H groups in total. The van der Waals surface area contributed by atoms with E-state index in [1.165, 1.54) is 23.7 Å². The standard InChI is InChI=1S/C31H32N2O4S/c1-3-21-13-15-24(16-14-21)32-31-33(25-11-6-5-7-12-25)29(34)28(38-31)20-26-17-18-27(37-26)22-9-8-10-23(19-22)30(35)36-4-2/h8-10,13-20,25H,3-7,11-12H2,1-2H3/b28-20+,32-31?. The van der Waals surface area contributed by atoms with Crippen LogP contribution in [0.1, 0.15) is 67.6 Å². The van der Waals surface area contributed by atoms with Crippen LogP contribution in [0.25, 0.3) is 17.4 Å². The normalized spacial score (nSPS) is 18.5. The molecule has 1 aliphatic heterocycles. The van der Waals surface area contributed by atoms with Crippen molar-refractivity contribution in [2.24, 2.45) is 4.99 Å². The Morgan fingerprint density at radius 1 is 1.08 bits per heavy atom. The SMILES string of the molecule is CCOC(=O)c1cccc(-c2ccc(/C=C3/SC(=Nc4ccc(CC)cc4)N(C4CCCCC4)C3=O)o2)c1. The van der Waals surface area contributed by atoms with Crippen LogP contribution in [-0.4, -0.2) is 34.6 Å². The molecule has 1 aliphatic carbocycles. The van der Waals surface area contributed by atoms with Crippen LogP contribution in [0, 0.1) is 0 Å². The van der Waals surface area contributed by atoms with Gasteiger partial charge in [0, 0.05) is 17.7 Å². The van der Waals surface area contributed by atoms with Gasteiger partial charge in [0.15, 0.2) is 5.17 Å². The van der Waals surface area contributed by atoms with Gasteiger partial charge in [-0.25, -0.2) is 9.79 Å². The lowest BCUT2D eigenvalue weighted by Gasteiger charge is -2.30. The van der Waals surface area contributed by atoms with E-state index in [0.29, 0.717) is 28.6 Å². The highest BCUT2D eigenvalue weighted by molar-refractivity contribution is 8.18. The maximum atomic E-state index is 13.6. The Morgan fingerprint density at radius 2 is 1.87 bits per heavy atom. The summed E-state index contributed by atoms with van der Waals surface area (Å²) in [5, 5.41) is 0.728. The molecule has 1 saturated heterocycles. The molecule has 1 saturated carbocycles. The third kappa shape index (κ3) is 5.78. The number of benzene rings is 2. The van der Waals surface area contributed by atoms with Crippen molar-refractivity contribution < 1.29 is 18.7 Å². The van der Waals surface area contributed by atoms with Gasteiger partial charge < -0.3 is 9.15 Å². The van der Waals surface area contributed by atoms with Crippen molar-refractivity contribution in [2.75, 3.05) is 6.61 Å². The smallest absolute Gasteiger partial charge is 0.338 e. The summed E-state index contributed by atoms with van der Waals surface area (Å²) in [5.41, 5.74) is 3.35. The van der Waals surface area contributed by atoms with E-state index in [1.807, 2.05) is 35.2 Å². The van der Waals surface area contributed by atoms with E-state index in [1.54, 1.807) is 31.2 Å². The summed E-state index contributed by atoms with van der Waals surface area (Å²) < 4.78 is 11.2. The van der Waals surface area contributed by atoms with E-state index in [0.717, 1.165) is 48.5 Å². The summed E-state index contributed by atoms with van der Waals surface area (Å²) in [7, 11) is 0. The number of ether oxygens (including phenoxy) is 1. The van der Waals surface area contributed by atoms with E-state index in [-0.39, 0.29) is 17.9 Å². The van der Waals surface area contributed by atoms with Crippen molar-refractivity contribution in [1.29, 1.82) is 0 Å². The minimum Gasteiger partial charge on any atom is -0.462 e. The minimum absolute atomic E-state index is 0.0203. The maximum absolute atomic E-state index is 13.6. The Bertz CT molecular complexity index is 1370. The molecule has 2 aliphatic rings. The first kappa shape index (κ1) is 26.0. The van der Waals surface area contributed by atoms with Crippen molar-refractivity contribution in [1.82, 2.24) is 4.90 Å². The zero-order valence-corrected chi connectivity index (χ0v) is 22.6. The number of thioether (sulfide) groups is 1. The van der Waals surface area contributed by atoms with Gasteiger partial charge in [-0.3, -0.25) is 9.69 Å². The average Bonchev–Trinajstić information content (AvgIpc) is 3.54. The topological polar surface area (TPSA) is 72.1 Å². The van der Waals surface area contributed by atoms with Gasteiger partial charge >= 0.3 is 5.97 Å². The number of carbonyl (C=O) groups is 2. The summed E-state index contributed by atoms with van der Waals surface area (Å²) in [6.45, 7) is 4.23. The molecule has 2 aromatic carbocycles. The van der Waals surface area contributed by atoms with Crippen molar-refractivity contribution in [3.63, 3.8) is 0 Å². The van der Waals surface area contributed by atoms with E-state index in [2.05, 4.69) is 19.1 Å². The third-order valence-corrected chi connectivity index (χ3v) is 7.89. The Labute approximate surface area is 227 Å². The lowest BCUT2D eigenvalue weighted by Crippen LogP contribution is -2.40. The van der Waals surface area contributed by atoms with Gasteiger partial charge in [-0.05, 0) is 79.9 Å². The highest BCUT2D eigenvalue weighted by Gasteiger charge is 2.38. The molecule has 196 valence electrons. The van der Waals surface area contributed by atoms with E-state index in [4.69, 9.17) is 14.1 Å². The van der Waals surface area contributed by atoms with Crippen molar-refractivity contribution in [3.8, 4) is 11.3 Å². The minimum atomic E-state index is -0.366. The van der Waals surface area contributed by atoms with Gasteiger partial charge in [0.1, 0.15) is 11.5 Å². The van der Waals surface area contributed by atoms with Crippen molar-refractivity contribution in [3.05, 3.63) is 82.5 Å². The molecule has 38 heavy (non-hydrogen) atoms. The first-order valence-corrected chi connectivity index (χ1v) is 14.2. The number of amidine groups is 1. The van der Waals surface area contributed by atoms with Crippen LogP contribution in [0.15, 0.2) is 75.0 Å². The second-order valence-corrected chi connectivity index (χ2v) is 10.5. The van der Waals surface area contributed by atoms with Gasteiger partial charge in [-0.1, -0.05) is 50.5 Å². The Balaban J connectivity index is 1.42. The van der Waals surface area contributed by atoms with Crippen LogP contribution >= 0.6 is 11.8 Å². The van der Waals surface area contributed by atoms with Crippen molar-refractivity contribution >= 4 is 40.6 Å². The number of aliphatic imine (C=N–C) groups is 1. The zero-order valence-electron chi connectivity index (χ0n) is 21.8. The first-order chi connectivity index (χ1) is 18.6. The van der Waals surface area contributed by atoms with E-state index < -0.39 is 0 Å². The molecular weight excluding hydrogens is 496 g/mol. The molecule has 5 rings (SSSR count). The number of hydrogen-bond acceptors (Lipinski definition) is 6. The third-order valence-electron chi connectivity index (χ3n) is 6.90. The summed E-state index contributed by atoms with van der Waals surface area (Å²) in [6.07, 6.45) is 8.23. The summed E-state index contributed by atoms with van der Waals surface area (Å²) >= 11 is 1.40. The average molecular weight is 529 g/mol. The van der Waals surface area contributed by atoms with Gasteiger partial charge in [-0.15, -0.1) is 0 Å². The van der Waals surface area contributed by atoms with Gasteiger partial charge in [0.05, 0.1) is 22.8 Å². The number of carbonyl (C=O) groups excluding carboxylic acids is 2. The zero-order chi connectivity index (χ0) is 26.5. The van der Waals surface area contributed by atoms with Crippen LogP contribution in [0.3, 0.4) is 0 Å². The second-order valence-electron chi connectivity index (χ2n) is 9.50. The summed E-state index contributed by atoms with van der Waals surface area (Å²) in [6, 6.07) is 19.2. The van der Waals surface area contributed by atoms with Crippen LogP contribution in [0.4, 0.5) is 5.69 Å². The molecule has 2 fully saturated rings. The lowest BCUT2D eigenvalue weighted by atomic mass is 9.94. The number of amides is 1. The van der Waals surface area contributed by atoms with E-state index >= 15 is 0 Å². The number of furan rings is 1. The summed E-state index contributed by atoms with van der Waals surface area (Å²) in [5.74, 6) is 0.810. The number of aryl methyl sites for hydroxylation is 1. The maximum Gasteiger partial charge on any atom is 0.338 e. The molecule has 0 spiro atoms. The summed E-state index contributed by atoms with van der Waals surface area (Å²) in [4.78, 5) is 33.2.